The van der Waals surface area contributed by atoms with Gasteiger partial charge in [0.05, 0.1) is 12.8 Å². The zero-order valence-electron chi connectivity index (χ0n) is 13.1. The van der Waals surface area contributed by atoms with Crippen LogP contribution in [-0.4, -0.2) is 18.9 Å². The molecule has 0 unspecified atom stereocenters. The average molecular weight is 316 g/mol. The highest BCUT2D eigenvalue weighted by molar-refractivity contribution is 6.05. The first kappa shape index (κ1) is 16.5. The van der Waals surface area contributed by atoms with Crippen LogP contribution in [0, 0.1) is 12.7 Å². The van der Waals surface area contributed by atoms with E-state index < -0.39 is 11.7 Å². The maximum atomic E-state index is 13.5. The summed E-state index contributed by atoms with van der Waals surface area (Å²) in [6.07, 6.45) is 0. The Morgan fingerprint density at radius 1 is 1.09 bits per heavy atom. The second-order valence-electron chi connectivity index (χ2n) is 5.01. The topological polar surface area (TPSA) is 67.4 Å². The minimum Gasteiger partial charge on any atom is -0.495 e. The number of carbonyl (C=O) groups is 2. The number of benzene rings is 2. The van der Waals surface area contributed by atoms with Gasteiger partial charge in [-0.25, -0.2) is 4.39 Å². The monoisotopic (exact) mass is 316 g/mol. The van der Waals surface area contributed by atoms with Crippen LogP contribution in [0.15, 0.2) is 36.4 Å². The summed E-state index contributed by atoms with van der Waals surface area (Å²) < 4.78 is 18.7. The van der Waals surface area contributed by atoms with Crippen molar-refractivity contribution in [1.82, 2.24) is 0 Å². The number of carbonyl (C=O) groups excluding carboxylic acids is 2. The molecule has 0 heterocycles. The quantitative estimate of drug-likeness (QED) is 0.909. The van der Waals surface area contributed by atoms with Crippen LogP contribution in [0.25, 0.3) is 0 Å². The lowest BCUT2D eigenvalue weighted by Gasteiger charge is -2.12. The molecule has 2 amide bonds. The summed E-state index contributed by atoms with van der Waals surface area (Å²) in [5.74, 6) is -0.666. The summed E-state index contributed by atoms with van der Waals surface area (Å²) in [5.41, 5.74) is 1.58. The Balaban J connectivity index is 2.23. The van der Waals surface area contributed by atoms with Gasteiger partial charge >= 0.3 is 0 Å². The van der Waals surface area contributed by atoms with Gasteiger partial charge in [0.15, 0.2) is 0 Å². The van der Waals surface area contributed by atoms with Crippen LogP contribution in [0.3, 0.4) is 0 Å². The van der Waals surface area contributed by atoms with E-state index in [1.165, 1.54) is 20.1 Å². The van der Waals surface area contributed by atoms with E-state index in [9.17, 15) is 14.0 Å². The number of amides is 2. The van der Waals surface area contributed by atoms with E-state index in [0.29, 0.717) is 22.7 Å². The summed E-state index contributed by atoms with van der Waals surface area (Å²) in [7, 11) is 1.48. The van der Waals surface area contributed by atoms with Crippen LogP contribution in [0.2, 0.25) is 0 Å². The Kier molecular flexibility index (Phi) is 4.95. The molecule has 2 aromatic rings. The fraction of sp³-hybridized carbons (Fsp3) is 0.176. The molecular weight excluding hydrogens is 299 g/mol. The number of anilines is 2. The van der Waals surface area contributed by atoms with Crippen molar-refractivity contribution in [3.8, 4) is 5.75 Å². The van der Waals surface area contributed by atoms with Gasteiger partial charge in [0, 0.05) is 18.2 Å². The Labute approximate surface area is 133 Å². The molecular formula is C17H17FN2O3. The molecule has 0 atom stereocenters. The fourth-order valence-corrected chi connectivity index (χ4v) is 2.01. The Hall–Kier alpha value is -2.89. The number of ether oxygens (including phenoxy) is 1. The van der Waals surface area contributed by atoms with Gasteiger partial charge in [-0.05, 0) is 42.8 Å². The number of nitrogens with one attached hydrogen (secondary N) is 2. The predicted octanol–water partition coefficient (Wildman–Crippen LogP) is 3.35. The molecule has 0 aliphatic heterocycles. The van der Waals surface area contributed by atoms with Gasteiger partial charge in [0.2, 0.25) is 5.91 Å². The lowest BCUT2D eigenvalue weighted by atomic mass is 10.1. The van der Waals surface area contributed by atoms with Crippen molar-refractivity contribution in [2.45, 2.75) is 13.8 Å². The van der Waals surface area contributed by atoms with Crippen LogP contribution >= 0.6 is 0 Å². The van der Waals surface area contributed by atoms with Crippen LogP contribution < -0.4 is 15.4 Å². The summed E-state index contributed by atoms with van der Waals surface area (Å²) in [5, 5.41) is 5.28. The molecule has 0 fully saturated rings. The lowest BCUT2D eigenvalue weighted by molar-refractivity contribution is -0.114. The fourth-order valence-electron chi connectivity index (χ4n) is 2.01. The van der Waals surface area contributed by atoms with Crippen molar-refractivity contribution in [3.05, 3.63) is 53.3 Å². The summed E-state index contributed by atoms with van der Waals surface area (Å²) >= 11 is 0. The molecule has 0 saturated heterocycles. The molecule has 0 bridgehead atoms. The number of aryl methyl sites for hydroxylation is 1. The van der Waals surface area contributed by atoms with E-state index in [4.69, 9.17) is 4.74 Å². The number of rotatable bonds is 4. The molecule has 2 aromatic carbocycles. The van der Waals surface area contributed by atoms with E-state index in [0.717, 1.165) is 0 Å². The predicted molar refractivity (Wildman–Crippen MR) is 86.4 cm³/mol. The Bertz CT molecular complexity index is 759. The maximum absolute atomic E-state index is 13.5. The normalized spacial score (nSPS) is 10.1. The standard InChI is InChI=1S/C17H17FN2O3/c1-10-4-5-12(8-14(10)18)17(22)20-13-6-7-16(23-3)15(9-13)19-11(2)21/h4-9H,1-3H3,(H,19,21)(H,20,22). The SMILES string of the molecule is COc1ccc(NC(=O)c2ccc(C)c(F)c2)cc1NC(C)=O. The van der Waals surface area contributed by atoms with Crippen molar-refractivity contribution < 1.29 is 18.7 Å². The van der Waals surface area contributed by atoms with E-state index in [1.54, 1.807) is 37.3 Å². The molecule has 0 aliphatic rings. The second kappa shape index (κ2) is 6.91. The van der Waals surface area contributed by atoms with Crippen LogP contribution in [-0.2, 0) is 4.79 Å². The largest absolute Gasteiger partial charge is 0.495 e. The van der Waals surface area contributed by atoms with Gasteiger partial charge in [-0.3, -0.25) is 9.59 Å². The lowest BCUT2D eigenvalue weighted by Crippen LogP contribution is -2.13. The minimum absolute atomic E-state index is 0.213. The van der Waals surface area contributed by atoms with Crippen molar-refractivity contribution in [1.29, 1.82) is 0 Å². The van der Waals surface area contributed by atoms with Crippen molar-refractivity contribution in [2.24, 2.45) is 0 Å². The molecule has 0 aromatic heterocycles. The second-order valence-corrected chi connectivity index (χ2v) is 5.01. The van der Waals surface area contributed by atoms with E-state index in [2.05, 4.69) is 10.6 Å². The summed E-state index contributed by atoms with van der Waals surface area (Å²) in [6.45, 7) is 3.00. The van der Waals surface area contributed by atoms with Gasteiger partial charge in [0.1, 0.15) is 11.6 Å². The van der Waals surface area contributed by atoms with E-state index >= 15 is 0 Å². The zero-order chi connectivity index (χ0) is 17.0. The summed E-state index contributed by atoms with van der Waals surface area (Å²) in [6, 6.07) is 9.10. The smallest absolute Gasteiger partial charge is 0.255 e. The molecule has 23 heavy (non-hydrogen) atoms. The molecule has 0 spiro atoms. The molecule has 0 saturated carbocycles. The number of hydrogen-bond acceptors (Lipinski definition) is 3. The third-order valence-corrected chi connectivity index (χ3v) is 3.20. The highest BCUT2D eigenvalue weighted by atomic mass is 19.1. The Morgan fingerprint density at radius 2 is 1.83 bits per heavy atom. The maximum Gasteiger partial charge on any atom is 0.255 e. The minimum atomic E-state index is -0.442. The van der Waals surface area contributed by atoms with Gasteiger partial charge in [-0.2, -0.15) is 0 Å². The van der Waals surface area contributed by atoms with Gasteiger partial charge in [-0.1, -0.05) is 6.07 Å². The van der Waals surface area contributed by atoms with Crippen LogP contribution in [0.5, 0.6) is 5.75 Å². The molecule has 6 heteroatoms. The number of halogens is 1. The van der Waals surface area contributed by atoms with Gasteiger partial charge in [0.25, 0.3) is 5.91 Å². The molecule has 120 valence electrons. The third-order valence-electron chi connectivity index (χ3n) is 3.20. The molecule has 5 nitrogen and oxygen atoms in total. The van der Waals surface area contributed by atoms with Gasteiger partial charge < -0.3 is 15.4 Å². The highest BCUT2D eigenvalue weighted by Crippen LogP contribution is 2.28. The van der Waals surface area contributed by atoms with Crippen LogP contribution in [0.1, 0.15) is 22.8 Å². The first-order valence-corrected chi connectivity index (χ1v) is 6.94. The van der Waals surface area contributed by atoms with E-state index in [1.807, 2.05) is 0 Å². The van der Waals surface area contributed by atoms with Gasteiger partial charge in [-0.15, -0.1) is 0 Å². The first-order chi connectivity index (χ1) is 10.9. The highest BCUT2D eigenvalue weighted by Gasteiger charge is 2.11. The molecule has 2 rings (SSSR count). The van der Waals surface area contributed by atoms with E-state index in [-0.39, 0.29) is 11.5 Å². The molecule has 0 aliphatic carbocycles. The van der Waals surface area contributed by atoms with Crippen molar-refractivity contribution in [2.75, 3.05) is 17.7 Å². The summed E-state index contributed by atoms with van der Waals surface area (Å²) in [4.78, 5) is 23.4. The number of methoxy groups -OCH3 is 1. The molecule has 0 radical (unpaired) electrons. The number of hydrogen-bond donors (Lipinski definition) is 2. The first-order valence-electron chi connectivity index (χ1n) is 6.94. The Morgan fingerprint density at radius 3 is 2.43 bits per heavy atom. The van der Waals surface area contributed by atoms with Crippen molar-refractivity contribution in [3.63, 3.8) is 0 Å². The zero-order valence-corrected chi connectivity index (χ0v) is 13.1. The van der Waals surface area contributed by atoms with Crippen molar-refractivity contribution >= 4 is 23.2 Å². The third kappa shape index (κ3) is 4.06. The van der Waals surface area contributed by atoms with Crippen LogP contribution in [0.4, 0.5) is 15.8 Å². The molecule has 2 N–H and O–H groups in total. The average Bonchev–Trinajstić information content (AvgIpc) is 2.49.